The molecule has 0 amide bonds. The number of alkyl halides is 3. The van der Waals surface area contributed by atoms with Gasteiger partial charge in [0.1, 0.15) is 0 Å². The number of hydrogen-bond donors (Lipinski definition) is 0. The molecule has 1 nitrogen and oxygen atoms in total. The van der Waals surface area contributed by atoms with Crippen molar-refractivity contribution >= 4 is 11.8 Å². The van der Waals surface area contributed by atoms with Crippen LogP contribution in [0.25, 0.3) is 6.08 Å². The summed E-state index contributed by atoms with van der Waals surface area (Å²) in [5, 5.41) is 0. The number of anilines is 1. The van der Waals surface area contributed by atoms with Crippen LogP contribution in [0, 0.1) is 0 Å². The maximum absolute atomic E-state index is 12.4. The van der Waals surface area contributed by atoms with Gasteiger partial charge in [-0.3, -0.25) is 0 Å². The zero-order chi connectivity index (χ0) is 13.6. The second kappa shape index (κ2) is 6.33. The van der Waals surface area contributed by atoms with Crippen molar-refractivity contribution in [3.05, 3.63) is 35.9 Å². The van der Waals surface area contributed by atoms with Gasteiger partial charge in [0.15, 0.2) is 0 Å². The Morgan fingerprint density at radius 3 is 2.06 bits per heavy atom. The quantitative estimate of drug-likeness (QED) is 0.744. The predicted octanol–water partition coefficient (Wildman–Crippen LogP) is 4.44. The van der Waals surface area contributed by atoms with Gasteiger partial charge in [-0.05, 0) is 17.7 Å². The monoisotopic (exact) mass is 245 g/mol. The van der Waals surface area contributed by atoms with Crippen molar-refractivity contribution in [2.75, 3.05) is 19.0 Å². The number of hydrogen-bond acceptors (Lipinski definition) is 1. The second-order valence-corrected chi connectivity index (χ2v) is 3.37. The third-order valence-corrected chi connectivity index (χ3v) is 2.06. The minimum atomic E-state index is -4.30. The van der Waals surface area contributed by atoms with E-state index in [0.717, 1.165) is 12.1 Å². The summed E-state index contributed by atoms with van der Waals surface area (Å²) >= 11 is 0. The fourth-order valence-corrected chi connectivity index (χ4v) is 1.28. The van der Waals surface area contributed by atoms with E-state index in [-0.39, 0.29) is 0 Å². The Hall–Kier alpha value is -1.45. The van der Waals surface area contributed by atoms with E-state index in [2.05, 4.69) is 6.58 Å². The van der Waals surface area contributed by atoms with Gasteiger partial charge < -0.3 is 4.90 Å². The molecule has 0 atom stereocenters. The van der Waals surface area contributed by atoms with Gasteiger partial charge in [-0.15, -0.1) is 0 Å². The Kier molecular flexibility index (Phi) is 5.79. The zero-order valence-electron chi connectivity index (χ0n) is 10.6. The Morgan fingerprint density at radius 1 is 1.18 bits per heavy atom. The molecule has 0 bridgehead atoms. The molecule has 0 radical (unpaired) electrons. The molecular formula is C13H18F3N. The zero-order valence-corrected chi connectivity index (χ0v) is 10.6. The van der Waals surface area contributed by atoms with E-state index in [0.29, 0.717) is 11.3 Å². The molecule has 1 aromatic rings. The fraction of sp³-hybridized carbons (Fsp3) is 0.385. The Morgan fingerprint density at radius 2 is 1.71 bits per heavy atom. The van der Waals surface area contributed by atoms with E-state index >= 15 is 0 Å². The molecule has 96 valence electrons. The molecule has 0 unspecified atom stereocenters. The standard InChI is InChI=1S/C11H12F3N.C2H6/c1-4-8-5-6-9(11(12,13)14)7-10(8)15(2)3;1-2/h4-7H,1H2,2-3H3;1-2H3. The van der Waals surface area contributed by atoms with Crippen molar-refractivity contribution < 1.29 is 13.2 Å². The molecule has 0 N–H and O–H groups in total. The van der Waals surface area contributed by atoms with Crippen molar-refractivity contribution in [2.24, 2.45) is 0 Å². The van der Waals surface area contributed by atoms with Gasteiger partial charge in [0.05, 0.1) is 5.56 Å². The van der Waals surface area contributed by atoms with Crippen LogP contribution >= 0.6 is 0 Å². The van der Waals surface area contributed by atoms with Gasteiger partial charge in [-0.2, -0.15) is 13.2 Å². The molecule has 17 heavy (non-hydrogen) atoms. The second-order valence-electron chi connectivity index (χ2n) is 3.37. The lowest BCUT2D eigenvalue weighted by atomic mass is 10.1. The molecular weight excluding hydrogens is 227 g/mol. The lowest BCUT2D eigenvalue weighted by Crippen LogP contribution is -2.13. The fourth-order valence-electron chi connectivity index (χ4n) is 1.28. The molecule has 0 aliphatic heterocycles. The first kappa shape index (κ1) is 15.6. The number of benzene rings is 1. The van der Waals surface area contributed by atoms with Gasteiger partial charge in [0, 0.05) is 19.8 Å². The van der Waals surface area contributed by atoms with Gasteiger partial charge in [0.2, 0.25) is 0 Å². The molecule has 0 heterocycles. The molecule has 1 aromatic carbocycles. The molecule has 0 spiro atoms. The van der Waals surface area contributed by atoms with Crippen molar-refractivity contribution in [3.63, 3.8) is 0 Å². The summed E-state index contributed by atoms with van der Waals surface area (Å²) in [6.07, 6.45) is -2.76. The molecule has 4 heteroatoms. The lowest BCUT2D eigenvalue weighted by Gasteiger charge is -2.18. The Labute approximate surface area is 101 Å². The van der Waals surface area contributed by atoms with Crippen LogP contribution < -0.4 is 4.90 Å². The van der Waals surface area contributed by atoms with Crippen molar-refractivity contribution in [3.8, 4) is 0 Å². The molecule has 0 saturated heterocycles. The lowest BCUT2D eigenvalue weighted by molar-refractivity contribution is -0.137. The van der Waals surface area contributed by atoms with E-state index < -0.39 is 11.7 Å². The van der Waals surface area contributed by atoms with E-state index in [4.69, 9.17) is 0 Å². The van der Waals surface area contributed by atoms with Crippen LogP contribution in [-0.2, 0) is 6.18 Å². The van der Waals surface area contributed by atoms with Crippen LogP contribution in [0.1, 0.15) is 25.0 Å². The third-order valence-electron chi connectivity index (χ3n) is 2.06. The number of rotatable bonds is 2. The first-order chi connectivity index (χ1) is 7.86. The summed E-state index contributed by atoms with van der Waals surface area (Å²) < 4.78 is 37.3. The van der Waals surface area contributed by atoms with E-state index in [1.165, 1.54) is 12.1 Å². The van der Waals surface area contributed by atoms with Crippen LogP contribution in [-0.4, -0.2) is 14.1 Å². The van der Waals surface area contributed by atoms with Crippen LogP contribution in [0.5, 0.6) is 0 Å². The third kappa shape index (κ3) is 4.13. The Bertz CT molecular complexity index is 367. The number of halogens is 3. The maximum Gasteiger partial charge on any atom is 0.416 e. The van der Waals surface area contributed by atoms with E-state index in [9.17, 15) is 13.2 Å². The van der Waals surface area contributed by atoms with Crippen LogP contribution in [0.4, 0.5) is 18.9 Å². The minimum absolute atomic E-state index is 0.514. The molecule has 0 aliphatic carbocycles. The average molecular weight is 245 g/mol. The first-order valence-corrected chi connectivity index (χ1v) is 5.37. The van der Waals surface area contributed by atoms with Crippen LogP contribution in [0.3, 0.4) is 0 Å². The topological polar surface area (TPSA) is 3.24 Å². The highest BCUT2D eigenvalue weighted by Gasteiger charge is 2.30. The normalized spacial score (nSPS) is 10.3. The van der Waals surface area contributed by atoms with Crippen LogP contribution in [0.2, 0.25) is 0 Å². The van der Waals surface area contributed by atoms with Gasteiger partial charge >= 0.3 is 6.18 Å². The highest BCUT2D eigenvalue weighted by molar-refractivity contribution is 5.67. The summed E-state index contributed by atoms with van der Waals surface area (Å²) in [5.41, 5.74) is 0.560. The van der Waals surface area contributed by atoms with Crippen molar-refractivity contribution in [1.29, 1.82) is 0 Å². The summed E-state index contributed by atoms with van der Waals surface area (Å²) in [4.78, 5) is 1.63. The van der Waals surface area contributed by atoms with Gasteiger partial charge in [-0.25, -0.2) is 0 Å². The van der Waals surface area contributed by atoms with E-state index in [1.807, 2.05) is 13.8 Å². The molecule has 1 rings (SSSR count). The van der Waals surface area contributed by atoms with Crippen molar-refractivity contribution in [1.82, 2.24) is 0 Å². The highest BCUT2D eigenvalue weighted by Crippen LogP contribution is 2.33. The van der Waals surface area contributed by atoms with Crippen molar-refractivity contribution in [2.45, 2.75) is 20.0 Å². The summed E-state index contributed by atoms with van der Waals surface area (Å²) in [5.74, 6) is 0. The largest absolute Gasteiger partial charge is 0.416 e. The minimum Gasteiger partial charge on any atom is -0.377 e. The molecule has 0 aliphatic rings. The summed E-state index contributed by atoms with van der Waals surface area (Å²) in [7, 11) is 3.39. The SMILES string of the molecule is C=Cc1ccc(C(F)(F)F)cc1N(C)C.CC. The summed E-state index contributed by atoms with van der Waals surface area (Å²) in [6.45, 7) is 7.56. The molecule has 0 saturated carbocycles. The number of nitrogens with zero attached hydrogens (tertiary/aromatic N) is 1. The van der Waals surface area contributed by atoms with Gasteiger partial charge in [0.25, 0.3) is 0 Å². The Balaban J connectivity index is 0.00000121. The predicted molar refractivity (Wildman–Crippen MR) is 67.2 cm³/mol. The average Bonchev–Trinajstić information content (AvgIpc) is 2.29. The first-order valence-electron chi connectivity index (χ1n) is 5.37. The van der Waals surface area contributed by atoms with Gasteiger partial charge in [-0.1, -0.05) is 32.6 Å². The van der Waals surface area contributed by atoms with Crippen LogP contribution in [0.15, 0.2) is 24.8 Å². The molecule has 0 aromatic heterocycles. The highest BCUT2D eigenvalue weighted by atomic mass is 19.4. The maximum atomic E-state index is 12.4. The smallest absolute Gasteiger partial charge is 0.377 e. The van der Waals surface area contributed by atoms with E-state index in [1.54, 1.807) is 19.0 Å². The molecule has 0 fully saturated rings. The summed E-state index contributed by atoms with van der Waals surface area (Å²) in [6, 6.07) is 3.60.